The second-order valence-corrected chi connectivity index (χ2v) is 8.39. The van der Waals surface area contributed by atoms with Gasteiger partial charge in [-0.1, -0.05) is 17.4 Å². The molecule has 168 valence electrons. The standard InChI is InChI=1S/C21H20F3N5O2S/c1-31-16-5-11(8-26-19(16)21(22,23)24)4-14(25)9-27-20-28-10-17(32-20)12-2-3-15-13(6-12)7-18(30)29-15/h2-3,5-6,8,10,14H,4,7,9,25H2,1H3,(H,27,28)(H,29,30)/t14-/m1/s1. The number of thiazole rings is 1. The van der Waals surface area contributed by atoms with Gasteiger partial charge in [0.15, 0.2) is 10.8 Å². The van der Waals surface area contributed by atoms with Gasteiger partial charge in [-0.2, -0.15) is 13.2 Å². The average molecular weight is 463 g/mol. The van der Waals surface area contributed by atoms with Crippen molar-refractivity contribution < 1.29 is 22.7 Å². The Hall–Kier alpha value is -3.18. The maximum Gasteiger partial charge on any atom is 0.437 e. The second kappa shape index (κ2) is 8.75. The summed E-state index contributed by atoms with van der Waals surface area (Å²) in [6, 6.07) is 6.72. The first-order chi connectivity index (χ1) is 15.2. The molecular weight excluding hydrogens is 443 g/mol. The van der Waals surface area contributed by atoms with E-state index in [1.807, 2.05) is 18.2 Å². The maximum absolute atomic E-state index is 12.9. The van der Waals surface area contributed by atoms with Gasteiger partial charge in [-0.15, -0.1) is 0 Å². The smallest absolute Gasteiger partial charge is 0.437 e. The fraction of sp³-hybridized carbons (Fsp3) is 0.286. The zero-order valence-corrected chi connectivity index (χ0v) is 17.8. The van der Waals surface area contributed by atoms with E-state index >= 15 is 0 Å². The van der Waals surface area contributed by atoms with Crippen LogP contribution in [0, 0.1) is 0 Å². The van der Waals surface area contributed by atoms with Crippen LogP contribution in [0.15, 0.2) is 36.7 Å². The number of pyridine rings is 1. The number of amides is 1. The van der Waals surface area contributed by atoms with Gasteiger partial charge in [0, 0.05) is 30.7 Å². The lowest BCUT2D eigenvalue weighted by Gasteiger charge is -2.15. The predicted octanol–water partition coefficient (Wildman–Crippen LogP) is 3.71. The highest BCUT2D eigenvalue weighted by Gasteiger charge is 2.36. The van der Waals surface area contributed by atoms with Gasteiger partial charge in [-0.05, 0) is 41.3 Å². The van der Waals surface area contributed by atoms with E-state index < -0.39 is 11.9 Å². The normalized spacial score (nSPS) is 14.1. The van der Waals surface area contributed by atoms with E-state index in [-0.39, 0.29) is 17.7 Å². The Morgan fingerprint density at radius 2 is 2.09 bits per heavy atom. The topological polar surface area (TPSA) is 102 Å². The van der Waals surface area contributed by atoms with Crippen molar-refractivity contribution in [2.45, 2.75) is 25.1 Å². The van der Waals surface area contributed by atoms with E-state index in [9.17, 15) is 18.0 Å². The lowest BCUT2D eigenvalue weighted by Crippen LogP contribution is -2.31. The highest BCUT2D eigenvalue weighted by atomic mass is 32.1. The van der Waals surface area contributed by atoms with Crippen LogP contribution in [0.2, 0.25) is 0 Å². The molecule has 3 aromatic rings. The lowest BCUT2D eigenvalue weighted by atomic mass is 10.1. The molecule has 11 heteroatoms. The van der Waals surface area contributed by atoms with Crippen molar-refractivity contribution in [3.8, 4) is 16.2 Å². The monoisotopic (exact) mass is 463 g/mol. The summed E-state index contributed by atoms with van der Waals surface area (Å²) >= 11 is 1.45. The molecule has 0 saturated carbocycles. The number of carbonyl (C=O) groups is 1. The molecule has 1 aliphatic heterocycles. The number of nitrogens with two attached hydrogens (primary N) is 1. The minimum atomic E-state index is -4.58. The summed E-state index contributed by atoms with van der Waals surface area (Å²) in [6.07, 6.45) is -0.986. The summed E-state index contributed by atoms with van der Waals surface area (Å²) in [5.41, 5.74) is 8.40. The number of benzene rings is 1. The SMILES string of the molecule is COc1cc(C[C@@H](N)CNc2ncc(-c3ccc4c(c3)CC(=O)N4)s2)cnc1C(F)(F)F. The van der Waals surface area contributed by atoms with Crippen LogP contribution in [0.25, 0.3) is 10.4 Å². The highest BCUT2D eigenvalue weighted by Crippen LogP contribution is 2.35. The van der Waals surface area contributed by atoms with E-state index in [2.05, 4.69) is 20.6 Å². The molecule has 1 atom stereocenters. The van der Waals surface area contributed by atoms with Crippen LogP contribution in [0.3, 0.4) is 0 Å². The van der Waals surface area contributed by atoms with Crippen molar-refractivity contribution in [2.24, 2.45) is 5.73 Å². The minimum absolute atomic E-state index is 0.0151. The number of ether oxygens (including phenoxy) is 1. The third-order valence-electron chi connectivity index (χ3n) is 4.93. The number of carbonyl (C=O) groups excluding carboxylic acids is 1. The third kappa shape index (κ3) is 4.83. The fourth-order valence-corrected chi connectivity index (χ4v) is 4.25. The van der Waals surface area contributed by atoms with E-state index in [1.165, 1.54) is 30.7 Å². The first-order valence-electron chi connectivity index (χ1n) is 9.71. The third-order valence-corrected chi connectivity index (χ3v) is 5.94. The summed E-state index contributed by atoms with van der Waals surface area (Å²) in [5.74, 6) is -0.343. The van der Waals surface area contributed by atoms with Gasteiger partial charge in [-0.3, -0.25) is 4.79 Å². The van der Waals surface area contributed by atoms with Crippen LogP contribution >= 0.6 is 11.3 Å². The van der Waals surface area contributed by atoms with Crippen LogP contribution in [-0.4, -0.2) is 35.6 Å². The summed E-state index contributed by atoms with van der Waals surface area (Å²) in [5, 5.41) is 6.64. The molecule has 0 bridgehead atoms. The van der Waals surface area contributed by atoms with Crippen molar-refractivity contribution in [1.29, 1.82) is 0 Å². The fourth-order valence-electron chi connectivity index (χ4n) is 3.43. The largest absolute Gasteiger partial charge is 0.494 e. The Bertz CT molecular complexity index is 1150. The second-order valence-electron chi connectivity index (χ2n) is 7.36. The summed E-state index contributed by atoms with van der Waals surface area (Å²) < 4.78 is 43.7. The van der Waals surface area contributed by atoms with Crippen molar-refractivity contribution in [2.75, 3.05) is 24.3 Å². The molecule has 0 spiro atoms. The number of fused-ring (bicyclic) bond motifs is 1. The molecule has 1 aromatic carbocycles. The Kier molecular flexibility index (Phi) is 6.02. The highest BCUT2D eigenvalue weighted by molar-refractivity contribution is 7.18. The van der Waals surface area contributed by atoms with Crippen LogP contribution in [0.1, 0.15) is 16.8 Å². The number of anilines is 2. The molecule has 1 aliphatic rings. The molecule has 0 aliphatic carbocycles. The molecule has 0 radical (unpaired) electrons. The lowest BCUT2D eigenvalue weighted by molar-refractivity contribution is -0.142. The number of nitrogens with zero attached hydrogens (tertiary/aromatic N) is 2. The van der Waals surface area contributed by atoms with E-state index in [0.717, 1.165) is 21.7 Å². The number of methoxy groups -OCH3 is 1. The van der Waals surface area contributed by atoms with E-state index in [0.29, 0.717) is 30.1 Å². The van der Waals surface area contributed by atoms with Crippen LogP contribution in [-0.2, 0) is 23.8 Å². The summed E-state index contributed by atoms with van der Waals surface area (Å²) in [7, 11) is 1.17. The number of alkyl halides is 3. The Labute approximate surface area is 185 Å². The summed E-state index contributed by atoms with van der Waals surface area (Å²) in [4.78, 5) is 20.3. The van der Waals surface area contributed by atoms with Gasteiger partial charge >= 0.3 is 6.18 Å². The molecular formula is C21H20F3N5O2S. The zero-order valence-electron chi connectivity index (χ0n) is 17.0. The molecule has 4 N–H and O–H groups in total. The Morgan fingerprint density at radius 3 is 2.84 bits per heavy atom. The predicted molar refractivity (Wildman–Crippen MR) is 116 cm³/mol. The molecule has 4 rings (SSSR count). The van der Waals surface area contributed by atoms with Gasteiger partial charge in [0.1, 0.15) is 5.75 Å². The molecule has 0 fully saturated rings. The minimum Gasteiger partial charge on any atom is -0.494 e. The van der Waals surface area contributed by atoms with Crippen molar-refractivity contribution in [3.63, 3.8) is 0 Å². The van der Waals surface area contributed by atoms with Crippen molar-refractivity contribution in [1.82, 2.24) is 9.97 Å². The van der Waals surface area contributed by atoms with Gasteiger partial charge in [0.05, 0.1) is 18.4 Å². The molecule has 7 nitrogen and oxygen atoms in total. The van der Waals surface area contributed by atoms with Crippen molar-refractivity contribution >= 4 is 28.1 Å². The molecule has 1 amide bonds. The Morgan fingerprint density at radius 1 is 1.28 bits per heavy atom. The summed E-state index contributed by atoms with van der Waals surface area (Å²) in [6.45, 7) is 0.374. The van der Waals surface area contributed by atoms with E-state index in [1.54, 1.807) is 6.20 Å². The van der Waals surface area contributed by atoms with E-state index in [4.69, 9.17) is 10.5 Å². The number of rotatable bonds is 7. The van der Waals surface area contributed by atoms with Crippen LogP contribution < -0.4 is 21.1 Å². The maximum atomic E-state index is 12.9. The van der Waals surface area contributed by atoms with Gasteiger partial charge in [0.25, 0.3) is 0 Å². The first kappa shape index (κ1) is 22.0. The number of nitrogens with one attached hydrogen (secondary N) is 2. The molecule has 3 heterocycles. The Balaban J connectivity index is 1.36. The average Bonchev–Trinajstić information content (AvgIpc) is 3.36. The molecule has 0 saturated heterocycles. The molecule has 32 heavy (non-hydrogen) atoms. The van der Waals surface area contributed by atoms with Crippen LogP contribution in [0.5, 0.6) is 5.75 Å². The zero-order chi connectivity index (χ0) is 22.9. The molecule has 2 aromatic heterocycles. The molecule has 0 unspecified atom stereocenters. The quantitative estimate of drug-likeness (QED) is 0.494. The number of aromatic nitrogens is 2. The first-order valence-corrected chi connectivity index (χ1v) is 10.5. The van der Waals surface area contributed by atoms with Gasteiger partial charge in [-0.25, -0.2) is 9.97 Å². The number of halogens is 3. The van der Waals surface area contributed by atoms with Gasteiger partial charge in [0.2, 0.25) is 5.91 Å². The number of hydrogen-bond acceptors (Lipinski definition) is 7. The van der Waals surface area contributed by atoms with Gasteiger partial charge < -0.3 is 21.1 Å². The van der Waals surface area contributed by atoms with Crippen LogP contribution in [0.4, 0.5) is 24.0 Å². The number of hydrogen-bond donors (Lipinski definition) is 3. The van der Waals surface area contributed by atoms with Crippen molar-refractivity contribution in [3.05, 3.63) is 53.5 Å².